The van der Waals surface area contributed by atoms with Gasteiger partial charge in [0.05, 0.1) is 5.92 Å². The summed E-state index contributed by atoms with van der Waals surface area (Å²) in [6.45, 7) is 4.78. The summed E-state index contributed by atoms with van der Waals surface area (Å²) in [6.07, 6.45) is 5.32. The molecule has 0 heterocycles. The molecule has 2 heteroatoms. The van der Waals surface area contributed by atoms with Gasteiger partial charge in [-0.05, 0) is 11.5 Å². The molecule has 1 aromatic carbocycles. The monoisotopic (exact) mass is 261 g/mol. The Morgan fingerprint density at radius 1 is 1.21 bits per heavy atom. The average molecular weight is 261 g/mol. The first-order valence-electron chi connectivity index (χ1n) is 7.50. The van der Waals surface area contributed by atoms with Gasteiger partial charge < -0.3 is 5.73 Å². The van der Waals surface area contributed by atoms with Crippen molar-refractivity contribution in [2.24, 2.45) is 11.7 Å². The molecule has 0 aromatic heterocycles. The highest BCUT2D eigenvalue weighted by molar-refractivity contribution is 5.86. The fourth-order valence-electron chi connectivity index (χ4n) is 2.51. The van der Waals surface area contributed by atoms with E-state index in [4.69, 9.17) is 5.73 Å². The van der Waals surface area contributed by atoms with Gasteiger partial charge >= 0.3 is 0 Å². The summed E-state index contributed by atoms with van der Waals surface area (Å²) in [4.78, 5) is 12.4. The molecular weight excluding hydrogens is 234 g/mol. The summed E-state index contributed by atoms with van der Waals surface area (Å²) in [5, 5.41) is 0. The number of hydrogen-bond acceptors (Lipinski definition) is 2. The van der Waals surface area contributed by atoms with Gasteiger partial charge in [0, 0.05) is 13.0 Å². The zero-order valence-corrected chi connectivity index (χ0v) is 12.3. The number of carbonyl (C=O) groups excluding carboxylic acids is 1. The van der Waals surface area contributed by atoms with Crippen LogP contribution in [0.2, 0.25) is 0 Å². The van der Waals surface area contributed by atoms with Crippen LogP contribution in [0.3, 0.4) is 0 Å². The molecule has 1 aromatic rings. The fourth-order valence-corrected chi connectivity index (χ4v) is 2.51. The smallest absolute Gasteiger partial charge is 0.141 e. The molecule has 0 aliphatic rings. The summed E-state index contributed by atoms with van der Waals surface area (Å²) in [5.41, 5.74) is 6.86. The molecule has 2 N–H and O–H groups in total. The molecular formula is C17H27NO. The largest absolute Gasteiger partial charge is 0.329 e. The number of unbranched alkanes of at least 4 members (excludes halogenated alkanes) is 1. The van der Waals surface area contributed by atoms with Crippen molar-refractivity contribution in [2.75, 3.05) is 6.54 Å². The van der Waals surface area contributed by atoms with Gasteiger partial charge in [0.25, 0.3) is 0 Å². The van der Waals surface area contributed by atoms with E-state index in [2.05, 4.69) is 13.8 Å². The maximum absolute atomic E-state index is 12.4. The predicted octanol–water partition coefficient (Wildman–Crippen LogP) is 3.90. The summed E-state index contributed by atoms with van der Waals surface area (Å²) in [5.74, 6) is 0.693. The lowest BCUT2D eigenvalue weighted by atomic mass is 9.86. The number of benzene rings is 1. The van der Waals surface area contributed by atoms with E-state index in [9.17, 15) is 4.79 Å². The van der Waals surface area contributed by atoms with E-state index in [0.29, 0.717) is 24.7 Å². The van der Waals surface area contributed by atoms with Crippen LogP contribution in [0.25, 0.3) is 0 Å². The second-order valence-corrected chi connectivity index (χ2v) is 5.29. The van der Waals surface area contributed by atoms with E-state index in [0.717, 1.165) is 18.4 Å². The maximum Gasteiger partial charge on any atom is 0.141 e. The Hall–Kier alpha value is -1.15. The molecule has 1 rings (SSSR count). The zero-order chi connectivity index (χ0) is 14.1. The topological polar surface area (TPSA) is 43.1 Å². The highest BCUT2D eigenvalue weighted by Gasteiger charge is 2.21. The number of Topliss-reactive ketones (excluding diaryl/α,β-unsaturated/α-hetero) is 1. The van der Waals surface area contributed by atoms with E-state index in [1.54, 1.807) is 0 Å². The Morgan fingerprint density at radius 2 is 1.89 bits per heavy atom. The molecule has 0 saturated carbocycles. The van der Waals surface area contributed by atoms with Crippen molar-refractivity contribution in [3.8, 4) is 0 Å². The van der Waals surface area contributed by atoms with Crippen LogP contribution in [-0.4, -0.2) is 12.3 Å². The van der Waals surface area contributed by atoms with Gasteiger partial charge in [-0.15, -0.1) is 0 Å². The molecule has 0 spiro atoms. The SMILES string of the molecule is CCCCC(CC)CC(=O)C(CN)c1ccccc1. The zero-order valence-electron chi connectivity index (χ0n) is 12.3. The Bertz CT molecular complexity index is 361. The lowest BCUT2D eigenvalue weighted by Crippen LogP contribution is -2.23. The van der Waals surface area contributed by atoms with E-state index < -0.39 is 0 Å². The molecule has 0 aliphatic heterocycles. The highest BCUT2D eigenvalue weighted by Crippen LogP contribution is 2.23. The molecule has 19 heavy (non-hydrogen) atoms. The van der Waals surface area contributed by atoms with Crippen LogP contribution in [-0.2, 0) is 4.79 Å². The summed E-state index contributed by atoms with van der Waals surface area (Å²) in [7, 11) is 0. The Balaban J connectivity index is 2.63. The van der Waals surface area contributed by atoms with Gasteiger partial charge in [-0.3, -0.25) is 4.79 Å². The van der Waals surface area contributed by atoms with Crippen LogP contribution in [0.1, 0.15) is 57.4 Å². The van der Waals surface area contributed by atoms with Crippen LogP contribution in [0.4, 0.5) is 0 Å². The van der Waals surface area contributed by atoms with E-state index in [-0.39, 0.29) is 5.92 Å². The summed E-state index contributed by atoms with van der Waals surface area (Å²) < 4.78 is 0. The van der Waals surface area contributed by atoms with E-state index in [1.807, 2.05) is 30.3 Å². The van der Waals surface area contributed by atoms with Crippen LogP contribution in [0.5, 0.6) is 0 Å². The van der Waals surface area contributed by atoms with Crippen molar-refractivity contribution in [2.45, 2.75) is 51.9 Å². The van der Waals surface area contributed by atoms with Crippen LogP contribution >= 0.6 is 0 Å². The number of carbonyl (C=O) groups is 1. The first-order chi connectivity index (χ1) is 9.22. The molecule has 0 radical (unpaired) electrons. The van der Waals surface area contributed by atoms with Crippen LogP contribution in [0.15, 0.2) is 30.3 Å². The number of rotatable bonds is 9. The molecule has 0 amide bonds. The number of hydrogen-bond donors (Lipinski definition) is 1. The van der Waals surface area contributed by atoms with Crippen molar-refractivity contribution in [1.29, 1.82) is 0 Å². The van der Waals surface area contributed by atoms with Gasteiger partial charge in [-0.2, -0.15) is 0 Å². The van der Waals surface area contributed by atoms with E-state index in [1.165, 1.54) is 12.8 Å². The van der Waals surface area contributed by atoms with Crippen LogP contribution in [0, 0.1) is 5.92 Å². The predicted molar refractivity (Wildman–Crippen MR) is 81.2 cm³/mol. The molecule has 2 unspecified atom stereocenters. The lowest BCUT2D eigenvalue weighted by Gasteiger charge is -2.18. The van der Waals surface area contributed by atoms with Gasteiger partial charge in [-0.25, -0.2) is 0 Å². The third kappa shape index (κ3) is 5.15. The molecule has 2 atom stereocenters. The minimum atomic E-state index is -0.128. The molecule has 2 nitrogen and oxygen atoms in total. The minimum Gasteiger partial charge on any atom is -0.329 e. The Kier molecular flexibility index (Phi) is 7.42. The molecule has 106 valence electrons. The fraction of sp³-hybridized carbons (Fsp3) is 0.588. The Morgan fingerprint density at radius 3 is 2.42 bits per heavy atom. The molecule has 0 aliphatic carbocycles. The van der Waals surface area contributed by atoms with Gasteiger partial charge in [-0.1, -0.05) is 69.9 Å². The Labute approximate surface area is 117 Å². The van der Waals surface area contributed by atoms with Crippen molar-refractivity contribution in [3.05, 3.63) is 35.9 Å². The standard InChI is InChI=1S/C17H27NO/c1-3-5-9-14(4-2)12-17(19)16(13-18)15-10-7-6-8-11-15/h6-8,10-11,14,16H,3-5,9,12-13,18H2,1-2H3. The van der Waals surface area contributed by atoms with Crippen molar-refractivity contribution < 1.29 is 4.79 Å². The lowest BCUT2D eigenvalue weighted by molar-refractivity contribution is -0.121. The van der Waals surface area contributed by atoms with Gasteiger partial charge in [0.15, 0.2) is 0 Å². The molecule has 0 saturated heterocycles. The second kappa shape index (κ2) is 8.87. The molecule has 0 fully saturated rings. The van der Waals surface area contributed by atoms with Crippen molar-refractivity contribution >= 4 is 5.78 Å². The first kappa shape index (κ1) is 15.9. The first-order valence-corrected chi connectivity index (χ1v) is 7.50. The molecule has 0 bridgehead atoms. The number of nitrogens with two attached hydrogens (primary N) is 1. The van der Waals surface area contributed by atoms with Gasteiger partial charge in [0.1, 0.15) is 5.78 Å². The normalized spacial score (nSPS) is 14.1. The van der Waals surface area contributed by atoms with Crippen molar-refractivity contribution in [3.63, 3.8) is 0 Å². The van der Waals surface area contributed by atoms with Crippen LogP contribution < -0.4 is 5.73 Å². The van der Waals surface area contributed by atoms with E-state index >= 15 is 0 Å². The highest BCUT2D eigenvalue weighted by atomic mass is 16.1. The third-order valence-corrected chi connectivity index (χ3v) is 3.86. The van der Waals surface area contributed by atoms with Gasteiger partial charge in [0.2, 0.25) is 0 Å². The minimum absolute atomic E-state index is 0.128. The summed E-state index contributed by atoms with van der Waals surface area (Å²) >= 11 is 0. The number of ketones is 1. The third-order valence-electron chi connectivity index (χ3n) is 3.86. The quantitative estimate of drug-likeness (QED) is 0.732. The van der Waals surface area contributed by atoms with Crippen molar-refractivity contribution in [1.82, 2.24) is 0 Å². The maximum atomic E-state index is 12.4. The summed E-state index contributed by atoms with van der Waals surface area (Å²) in [6, 6.07) is 9.92. The second-order valence-electron chi connectivity index (χ2n) is 5.29. The average Bonchev–Trinajstić information content (AvgIpc) is 2.45.